The first-order valence-electron chi connectivity index (χ1n) is 3.45. The highest BCUT2D eigenvalue weighted by Gasteiger charge is 2.07. The van der Waals surface area contributed by atoms with Gasteiger partial charge in [-0.15, -0.1) is 0 Å². The summed E-state index contributed by atoms with van der Waals surface area (Å²) in [4.78, 5) is 0. The Morgan fingerprint density at radius 1 is 1.70 bits per heavy atom. The predicted octanol–water partition coefficient (Wildman–Crippen LogP) is 0.214. The molecular weight excluding hydrogens is 128 g/mol. The number of hydrogen-bond acceptors (Lipinski definition) is 1. The summed E-state index contributed by atoms with van der Waals surface area (Å²) in [5.74, 6) is 0. The summed E-state index contributed by atoms with van der Waals surface area (Å²) in [6.07, 6.45) is 5.98. The van der Waals surface area contributed by atoms with E-state index >= 15 is 0 Å². The molecule has 1 aromatic heterocycles. The van der Waals surface area contributed by atoms with Crippen molar-refractivity contribution in [2.75, 3.05) is 0 Å². The summed E-state index contributed by atoms with van der Waals surface area (Å²) in [6, 6.07) is 0. The Labute approximate surface area is 60.5 Å². The summed E-state index contributed by atoms with van der Waals surface area (Å²) < 4.78 is 3.68. The molecule has 0 saturated carbocycles. The Morgan fingerprint density at radius 2 is 2.40 bits per heavy atom. The number of aromatic nitrogens is 2. The van der Waals surface area contributed by atoms with Crippen LogP contribution in [-0.4, -0.2) is 9.67 Å². The molecule has 3 nitrogen and oxygen atoms in total. The van der Waals surface area contributed by atoms with E-state index in [2.05, 4.69) is 0 Å². The molecule has 0 radical (unpaired) electrons. The minimum atomic E-state index is -0.374. The molecule has 0 fully saturated rings. The van der Waals surface area contributed by atoms with Crippen molar-refractivity contribution in [2.45, 2.75) is 19.6 Å². The first kappa shape index (κ1) is 7.28. The fraction of sp³-hybridized carbons (Fsp3) is 0.571. The molecule has 1 aromatic rings. The van der Waals surface area contributed by atoms with Crippen molar-refractivity contribution in [3.8, 4) is 0 Å². The molecule has 3 heteroatoms. The zero-order valence-electron chi connectivity index (χ0n) is 6.36. The van der Waals surface area contributed by atoms with Crippen LogP contribution < -0.4 is 4.57 Å². The van der Waals surface area contributed by atoms with Gasteiger partial charge in [-0.2, -0.15) is 0 Å². The van der Waals surface area contributed by atoms with E-state index in [9.17, 15) is 5.11 Å². The fourth-order valence-corrected chi connectivity index (χ4v) is 0.857. The van der Waals surface area contributed by atoms with Crippen LogP contribution in [0.4, 0.5) is 0 Å². The lowest BCUT2D eigenvalue weighted by Crippen LogP contribution is -2.24. The number of aliphatic hydroxyl groups is 1. The lowest BCUT2D eigenvalue weighted by Gasteiger charge is -2.00. The van der Waals surface area contributed by atoms with Gasteiger partial charge < -0.3 is 5.11 Å². The highest BCUT2D eigenvalue weighted by atomic mass is 16.3. The van der Waals surface area contributed by atoms with E-state index in [0.29, 0.717) is 0 Å². The van der Waals surface area contributed by atoms with Crippen LogP contribution in [0.15, 0.2) is 18.7 Å². The van der Waals surface area contributed by atoms with Crippen LogP contribution in [0.3, 0.4) is 0 Å². The van der Waals surface area contributed by atoms with Gasteiger partial charge in [0.05, 0.1) is 7.05 Å². The van der Waals surface area contributed by atoms with Crippen LogP contribution in [0.25, 0.3) is 0 Å². The minimum absolute atomic E-state index is 0.374. The second-order valence-corrected chi connectivity index (χ2v) is 2.42. The zero-order valence-corrected chi connectivity index (χ0v) is 6.36. The number of rotatable bonds is 2. The molecule has 0 saturated heterocycles. The van der Waals surface area contributed by atoms with Crippen molar-refractivity contribution < 1.29 is 9.67 Å². The smallest absolute Gasteiger partial charge is 0.245 e. The van der Waals surface area contributed by atoms with Gasteiger partial charge in [-0.1, -0.05) is 6.92 Å². The van der Waals surface area contributed by atoms with E-state index in [-0.39, 0.29) is 6.23 Å². The molecule has 0 bridgehead atoms. The van der Waals surface area contributed by atoms with E-state index in [0.717, 1.165) is 6.42 Å². The number of aliphatic hydroxyl groups excluding tert-OH is 1. The van der Waals surface area contributed by atoms with Gasteiger partial charge in [0.1, 0.15) is 12.4 Å². The number of hydrogen-bond donors (Lipinski definition) is 1. The minimum Gasteiger partial charge on any atom is -0.355 e. The highest BCUT2D eigenvalue weighted by Crippen LogP contribution is 2.03. The van der Waals surface area contributed by atoms with Crippen LogP contribution in [0.5, 0.6) is 0 Å². The Balaban J connectivity index is 2.74. The predicted molar refractivity (Wildman–Crippen MR) is 37.2 cm³/mol. The van der Waals surface area contributed by atoms with Crippen LogP contribution in [-0.2, 0) is 7.05 Å². The summed E-state index contributed by atoms with van der Waals surface area (Å²) in [6.45, 7) is 1.95. The molecule has 1 unspecified atom stereocenters. The average molecular weight is 141 g/mol. The standard InChI is InChI=1S/C7H13N2O/c1-3-7(10)9-5-4-8(2)6-9/h4-7,10H,3H2,1-2H3/q+1. The summed E-state index contributed by atoms with van der Waals surface area (Å²) in [7, 11) is 1.93. The zero-order chi connectivity index (χ0) is 7.56. The van der Waals surface area contributed by atoms with Gasteiger partial charge in [0, 0.05) is 6.42 Å². The Hall–Kier alpha value is -0.830. The molecule has 1 atom stereocenters. The van der Waals surface area contributed by atoms with Crippen molar-refractivity contribution in [2.24, 2.45) is 7.05 Å². The molecule has 0 aliphatic carbocycles. The molecule has 10 heavy (non-hydrogen) atoms. The maximum Gasteiger partial charge on any atom is 0.245 e. The topological polar surface area (TPSA) is 29.0 Å². The van der Waals surface area contributed by atoms with Crippen molar-refractivity contribution in [1.29, 1.82) is 0 Å². The molecule has 0 amide bonds. The van der Waals surface area contributed by atoms with Gasteiger partial charge >= 0.3 is 0 Å². The van der Waals surface area contributed by atoms with E-state index < -0.39 is 0 Å². The third-order valence-corrected chi connectivity index (χ3v) is 1.50. The SMILES string of the molecule is CCC(O)n1cc[n+](C)c1. The normalized spacial score (nSPS) is 13.5. The summed E-state index contributed by atoms with van der Waals surface area (Å²) >= 11 is 0. The van der Waals surface area contributed by atoms with Gasteiger partial charge in [-0.3, -0.25) is 0 Å². The van der Waals surface area contributed by atoms with Crippen molar-refractivity contribution >= 4 is 0 Å². The fourth-order valence-electron chi connectivity index (χ4n) is 0.857. The van der Waals surface area contributed by atoms with Gasteiger partial charge in [0.25, 0.3) is 0 Å². The Morgan fingerprint density at radius 3 is 2.80 bits per heavy atom. The second-order valence-electron chi connectivity index (χ2n) is 2.42. The highest BCUT2D eigenvalue weighted by molar-refractivity contribution is 4.68. The van der Waals surface area contributed by atoms with Crippen LogP contribution in [0, 0.1) is 0 Å². The molecule has 0 aliphatic heterocycles. The number of nitrogens with zero attached hydrogens (tertiary/aromatic N) is 2. The molecule has 0 aromatic carbocycles. The summed E-state index contributed by atoms with van der Waals surface area (Å²) in [5.41, 5.74) is 0. The first-order chi connectivity index (χ1) is 4.74. The molecule has 0 aliphatic rings. The van der Waals surface area contributed by atoms with Gasteiger partial charge in [-0.25, -0.2) is 9.13 Å². The van der Waals surface area contributed by atoms with Crippen LogP contribution in [0.2, 0.25) is 0 Å². The Kier molecular flexibility index (Phi) is 2.06. The van der Waals surface area contributed by atoms with Gasteiger partial charge in [-0.05, 0) is 0 Å². The molecule has 56 valence electrons. The second kappa shape index (κ2) is 2.84. The maximum atomic E-state index is 9.29. The number of imidazole rings is 1. The van der Waals surface area contributed by atoms with Crippen molar-refractivity contribution in [3.05, 3.63) is 18.7 Å². The van der Waals surface area contributed by atoms with E-state index in [1.165, 1.54) is 0 Å². The quantitative estimate of drug-likeness (QED) is 0.586. The number of aryl methyl sites for hydroxylation is 1. The first-order valence-corrected chi connectivity index (χ1v) is 3.45. The van der Waals surface area contributed by atoms with Crippen LogP contribution >= 0.6 is 0 Å². The average Bonchev–Trinajstić information content (AvgIpc) is 2.34. The van der Waals surface area contributed by atoms with E-state index in [1.807, 2.05) is 37.3 Å². The van der Waals surface area contributed by atoms with Gasteiger partial charge in [0.2, 0.25) is 6.33 Å². The molecule has 1 N–H and O–H groups in total. The Bertz CT molecular complexity index is 207. The lowest BCUT2D eigenvalue weighted by molar-refractivity contribution is -0.671. The van der Waals surface area contributed by atoms with E-state index in [1.54, 1.807) is 4.57 Å². The molecule has 0 spiro atoms. The van der Waals surface area contributed by atoms with Crippen molar-refractivity contribution in [1.82, 2.24) is 4.57 Å². The summed E-state index contributed by atoms with van der Waals surface area (Å²) in [5, 5.41) is 9.29. The lowest BCUT2D eigenvalue weighted by atomic mass is 10.4. The van der Waals surface area contributed by atoms with Crippen molar-refractivity contribution in [3.63, 3.8) is 0 Å². The van der Waals surface area contributed by atoms with Gasteiger partial charge in [0.15, 0.2) is 6.23 Å². The third kappa shape index (κ3) is 1.36. The van der Waals surface area contributed by atoms with Crippen LogP contribution in [0.1, 0.15) is 19.6 Å². The molecule has 1 heterocycles. The monoisotopic (exact) mass is 141 g/mol. The largest absolute Gasteiger partial charge is 0.355 e. The molecule has 1 rings (SSSR count). The van der Waals surface area contributed by atoms with E-state index in [4.69, 9.17) is 0 Å². The third-order valence-electron chi connectivity index (χ3n) is 1.50. The molecular formula is C7H13N2O+. The maximum absolute atomic E-state index is 9.29.